The van der Waals surface area contributed by atoms with Crippen LogP contribution in [-0.2, 0) is 16.1 Å². The summed E-state index contributed by atoms with van der Waals surface area (Å²) < 4.78 is 27.8. The van der Waals surface area contributed by atoms with Gasteiger partial charge in [0, 0.05) is 28.7 Å². The summed E-state index contributed by atoms with van der Waals surface area (Å²) in [7, 11) is 0. The van der Waals surface area contributed by atoms with Crippen LogP contribution in [0.3, 0.4) is 0 Å². The Labute approximate surface area is 226 Å². The Balaban J connectivity index is 1.24. The molecule has 0 bridgehead atoms. The molecule has 12 nitrogen and oxygen atoms in total. The van der Waals surface area contributed by atoms with Crippen LogP contribution in [0.25, 0.3) is 11.1 Å². The number of ether oxygens (including phenoxy) is 2. The highest BCUT2D eigenvalue weighted by Gasteiger charge is 2.40. The van der Waals surface area contributed by atoms with Gasteiger partial charge >= 0.3 is 17.9 Å². The van der Waals surface area contributed by atoms with Gasteiger partial charge in [0.15, 0.2) is 0 Å². The Kier molecular flexibility index (Phi) is 6.76. The van der Waals surface area contributed by atoms with Crippen LogP contribution in [0, 0.1) is 15.9 Å². The van der Waals surface area contributed by atoms with Gasteiger partial charge in [-0.3, -0.25) is 14.3 Å². The van der Waals surface area contributed by atoms with Crippen molar-refractivity contribution >= 4 is 40.8 Å². The summed E-state index contributed by atoms with van der Waals surface area (Å²) in [6.07, 6.45) is 0.186. The van der Waals surface area contributed by atoms with E-state index in [0.717, 1.165) is 0 Å². The lowest BCUT2D eigenvalue weighted by Crippen LogP contribution is -2.39. The van der Waals surface area contributed by atoms with Crippen LogP contribution >= 0.6 is 11.6 Å². The molecule has 2 amide bonds. The molecule has 1 aromatic heterocycles. The SMILES string of the molecule is CC(=O)NC[C@H]1CN(c2ccc(-c3ccc(NCC4(C)Cn5cc([N+](=O)[O-])nc5O4)cc3Cl)c(F)c2)C(=O)O1. The third kappa shape index (κ3) is 5.43. The highest BCUT2D eigenvalue weighted by molar-refractivity contribution is 6.33. The predicted molar refractivity (Wildman–Crippen MR) is 140 cm³/mol. The van der Waals surface area contributed by atoms with Crippen molar-refractivity contribution in [2.45, 2.75) is 32.1 Å². The molecule has 1 fully saturated rings. The van der Waals surface area contributed by atoms with E-state index in [1.54, 1.807) is 34.9 Å². The summed E-state index contributed by atoms with van der Waals surface area (Å²) in [4.78, 5) is 38.9. The molecule has 0 spiro atoms. The fourth-order valence-corrected chi connectivity index (χ4v) is 4.77. The van der Waals surface area contributed by atoms with Gasteiger partial charge in [-0.25, -0.2) is 9.18 Å². The molecule has 204 valence electrons. The minimum absolute atomic E-state index is 0.173. The van der Waals surface area contributed by atoms with Gasteiger partial charge in [-0.05, 0) is 42.2 Å². The first-order valence-electron chi connectivity index (χ1n) is 12.0. The second-order valence-electron chi connectivity index (χ2n) is 9.58. The van der Waals surface area contributed by atoms with Gasteiger partial charge in [0.05, 0.1) is 36.9 Å². The van der Waals surface area contributed by atoms with Crippen molar-refractivity contribution < 1.29 is 28.4 Å². The Morgan fingerprint density at radius 3 is 2.74 bits per heavy atom. The molecule has 1 saturated heterocycles. The van der Waals surface area contributed by atoms with Crippen LogP contribution in [0.2, 0.25) is 5.02 Å². The third-order valence-corrected chi connectivity index (χ3v) is 6.71. The molecule has 5 rings (SSSR count). The molecule has 14 heteroatoms. The standard InChI is InChI=1S/C25H24ClFN6O6/c1-14(34)28-9-17-10-32(24(35)38-17)16-4-6-19(21(27)8-16)18-5-3-15(7-20(18)26)29-12-25(2)13-31-11-22(33(36)37)30-23(31)39-25/h3-8,11,17,29H,9-10,12-13H2,1-2H3,(H,28,34)/t17-,25?/m0/s1. The van der Waals surface area contributed by atoms with Crippen LogP contribution < -0.4 is 20.3 Å². The first-order valence-corrected chi connectivity index (χ1v) is 12.4. The van der Waals surface area contributed by atoms with Gasteiger partial charge in [-0.1, -0.05) is 17.7 Å². The normalized spacial score (nSPS) is 19.8. The topological polar surface area (TPSA) is 141 Å². The van der Waals surface area contributed by atoms with Crippen molar-refractivity contribution in [3.63, 3.8) is 0 Å². The fraction of sp³-hybridized carbons (Fsp3) is 0.320. The smallest absolute Gasteiger partial charge is 0.415 e. The van der Waals surface area contributed by atoms with Crippen molar-refractivity contribution in [3.8, 4) is 17.1 Å². The lowest BCUT2D eigenvalue weighted by Gasteiger charge is -2.23. The predicted octanol–water partition coefficient (Wildman–Crippen LogP) is 3.98. The molecule has 3 aromatic rings. The molecule has 2 N–H and O–H groups in total. The fourth-order valence-electron chi connectivity index (χ4n) is 4.49. The van der Waals surface area contributed by atoms with E-state index in [1.807, 2.05) is 6.92 Å². The van der Waals surface area contributed by atoms with Crippen LogP contribution in [0.1, 0.15) is 13.8 Å². The molecule has 2 aromatic carbocycles. The maximum atomic E-state index is 15.2. The largest absolute Gasteiger partial charge is 0.442 e. The summed E-state index contributed by atoms with van der Waals surface area (Å²) in [5.74, 6) is -1.07. The number of nitrogens with one attached hydrogen (secondary N) is 2. The van der Waals surface area contributed by atoms with Gasteiger partial charge < -0.3 is 30.2 Å². The van der Waals surface area contributed by atoms with E-state index in [-0.39, 0.29) is 36.4 Å². The summed E-state index contributed by atoms with van der Waals surface area (Å²) in [6, 6.07) is 9.67. The van der Waals surface area contributed by atoms with Crippen LogP contribution in [-0.4, -0.2) is 57.8 Å². The number of aromatic nitrogens is 2. The average molecular weight is 559 g/mol. The molecule has 0 aliphatic carbocycles. The van der Waals surface area contributed by atoms with Crippen molar-refractivity contribution in [3.05, 3.63) is 63.5 Å². The monoisotopic (exact) mass is 558 g/mol. The second-order valence-corrected chi connectivity index (χ2v) is 9.99. The van der Waals surface area contributed by atoms with Gasteiger partial charge in [-0.15, -0.1) is 0 Å². The minimum Gasteiger partial charge on any atom is -0.442 e. The number of hydrogen-bond acceptors (Lipinski definition) is 8. The van der Waals surface area contributed by atoms with Crippen molar-refractivity contribution in [1.82, 2.24) is 14.9 Å². The summed E-state index contributed by atoms with van der Waals surface area (Å²) >= 11 is 6.50. The molecule has 0 radical (unpaired) electrons. The van der Waals surface area contributed by atoms with Gasteiger partial charge in [-0.2, -0.15) is 0 Å². The van der Waals surface area contributed by atoms with E-state index in [4.69, 9.17) is 21.1 Å². The highest BCUT2D eigenvalue weighted by Crippen LogP contribution is 2.35. The average Bonchev–Trinajstić information content (AvgIpc) is 3.53. The molecule has 3 heterocycles. The number of carbonyl (C=O) groups excluding carboxylic acids is 2. The lowest BCUT2D eigenvalue weighted by molar-refractivity contribution is -0.389. The molecule has 2 atom stereocenters. The Bertz CT molecular complexity index is 1460. The van der Waals surface area contributed by atoms with Crippen LogP contribution in [0.5, 0.6) is 6.01 Å². The first kappa shape index (κ1) is 26.2. The Morgan fingerprint density at radius 2 is 2.08 bits per heavy atom. The maximum absolute atomic E-state index is 15.2. The molecular weight excluding hydrogens is 535 g/mol. The zero-order valence-corrected chi connectivity index (χ0v) is 21.7. The Hall–Kier alpha value is -4.39. The number of rotatable bonds is 8. The number of fused-ring (bicyclic) bond motifs is 1. The van der Waals surface area contributed by atoms with Gasteiger partial charge in [0.1, 0.15) is 23.7 Å². The van der Waals surface area contributed by atoms with E-state index in [1.165, 1.54) is 24.1 Å². The van der Waals surface area contributed by atoms with E-state index in [9.17, 15) is 19.7 Å². The maximum Gasteiger partial charge on any atom is 0.415 e. The first-order chi connectivity index (χ1) is 18.5. The Morgan fingerprint density at radius 1 is 1.31 bits per heavy atom. The molecule has 39 heavy (non-hydrogen) atoms. The number of benzene rings is 2. The number of nitro groups is 1. The second kappa shape index (κ2) is 10.1. The van der Waals surface area contributed by atoms with Gasteiger partial charge in [0.25, 0.3) is 0 Å². The van der Waals surface area contributed by atoms with Crippen LogP contribution in [0.15, 0.2) is 42.6 Å². The van der Waals surface area contributed by atoms with E-state index in [0.29, 0.717) is 35.1 Å². The number of anilines is 2. The summed E-state index contributed by atoms with van der Waals surface area (Å²) in [6.45, 7) is 4.31. The highest BCUT2D eigenvalue weighted by atomic mass is 35.5. The molecular formula is C25H24ClFN6O6. The van der Waals surface area contributed by atoms with Crippen LogP contribution in [0.4, 0.5) is 26.4 Å². The summed E-state index contributed by atoms with van der Waals surface area (Å²) in [5.41, 5.74) is 1.04. The number of nitrogens with zero attached hydrogens (tertiary/aromatic N) is 4. The van der Waals surface area contributed by atoms with Crippen molar-refractivity contribution in [2.24, 2.45) is 0 Å². The number of cyclic esters (lactones) is 1. The van der Waals surface area contributed by atoms with E-state index < -0.39 is 28.5 Å². The van der Waals surface area contributed by atoms with Gasteiger partial charge in [0.2, 0.25) is 5.91 Å². The van der Waals surface area contributed by atoms with Crippen molar-refractivity contribution in [1.29, 1.82) is 0 Å². The number of halogens is 2. The van der Waals surface area contributed by atoms with Crippen molar-refractivity contribution in [2.75, 3.05) is 29.9 Å². The number of hydrogen-bond donors (Lipinski definition) is 2. The molecule has 1 unspecified atom stereocenters. The molecule has 0 saturated carbocycles. The quantitative estimate of drug-likeness (QED) is 0.312. The van der Waals surface area contributed by atoms with E-state index >= 15 is 4.39 Å². The summed E-state index contributed by atoms with van der Waals surface area (Å²) in [5, 5.41) is 17.0. The number of amides is 2. The molecule has 2 aliphatic rings. The zero-order chi connectivity index (χ0) is 27.9. The molecule has 2 aliphatic heterocycles. The zero-order valence-electron chi connectivity index (χ0n) is 20.9. The third-order valence-electron chi connectivity index (χ3n) is 6.40. The number of carbonyl (C=O) groups is 2. The lowest BCUT2D eigenvalue weighted by atomic mass is 10.0. The van der Waals surface area contributed by atoms with E-state index in [2.05, 4.69) is 15.6 Å². The minimum atomic E-state index is -0.692. The number of imidazole rings is 1.